The van der Waals surface area contributed by atoms with Crippen molar-refractivity contribution in [1.82, 2.24) is 9.78 Å². The molecule has 3 nitrogen and oxygen atoms in total. The van der Waals surface area contributed by atoms with E-state index in [1.807, 2.05) is 41.1 Å². The average Bonchev–Trinajstić information content (AvgIpc) is 2.87. The number of hydrogen-bond acceptors (Lipinski definition) is 2. The summed E-state index contributed by atoms with van der Waals surface area (Å²) in [6.07, 6.45) is 1.24. The van der Waals surface area contributed by atoms with Gasteiger partial charge in [0.15, 0.2) is 0 Å². The molecule has 0 radical (unpaired) electrons. The second kappa shape index (κ2) is 5.36. The number of benzene rings is 1. The SMILES string of the molecule is CC(C)C(C)C(O)c1ccnn1-c1ccccc1. The van der Waals surface area contributed by atoms with Crippen molar-refractivity contribution < 1.29 is 5.11 Å². The van der Waals surface area contributed by atoms with Gasteiger partial charge in [0.2, 0.25) is 0 Å². The average molecular weight is 244 g/mol. The van der Waals surface area contributed by atoms with Gasteiger partial charge in [-0.3, -0.25) is 0 Å². The number of aliphatic hydroxyl groups is 1. The van der Waals surface area contributed by atoms with Gasteiger partial charge in [-0.25, -0.2) is 4.68 Å². The van der Waals surface area contributed by atoms with Crippen LogP contribution in [0, 0.1) is 11.8 Å². The smallest absolute Gasteiger partial charge is 0.0989 e. The lowest BCUT2D eigenvalue weighted by Crippen LogP contribution is -2.18. The molecule has 0 fully saturated rings. The van der Waals surface area contributed by atoms with E-state index in [0.717, 1.165) is 11.4 Å². The first-order chi connectivity index (χ1) is 8.61. The third kappa shape index (κ3) is 2.46. The van der Waals surface area contributed by atoms with Gasteiger partial charge < -0.3 is 5.11 Å². The van der Waals surface area contributed by atoms with E-state index in [1.54, 1.807) is 6.20 Å². The fraction of sp³-hybridized carbons (Fsp3) is 0.400. The van der Waals surface area contributed by atoms with Gasteiger partial charge in [0, 0.05) is 6.20 Å². The number of hydrogen-bond donors (Lipinski definition) is 1. The molecular formula is C15H20N2O. The Morgan fingerprint density at radius 1 is 1.06 bits per heavy atom. The lowest BCUT2D eigenvalue weighted by atomic mass is 9.90. The zero-order valence-corrected chi connectivity index (χ0v) is 11.1. The summed E-state index contributed by atoms with van der Waals surface area (Å²) in [5.74, 6) is 0.628. The molecule has 0 spiro atoms. The minimum atomic E-state index is -0.493. The Labute approximate surface area is 108 Å². The molecule has 0 saturated heterocycles. The molecule has 2 aromatic rings. The molecule has 0 bridgehead atoms. The summed E-state index contributed by atoms with van der Waals surface area (Å²) >= 11 is 0. The Hall–Kier alpha value is -1.61. The first-order valence-electron chi connectivity index (χ1n) is 6.38. The van der Waals surface area contributed by atoms with Crippen LogP contribution in [0.1, 0.15) is 32.6 Å². The van der Waals surface area contributed by atoms with Crippen molar-refractivity contribution in [1.29, 1.82) is 0 Å². The second-order valence-electron chi connectivity index (χ2n) is 5.05. The summed E-state index contributed by atoms with van der Waals surface area (Å²) in [5.41, 5.74) is 1.83. The van der Waals surface area contributed by atoms with Crippen LogP contribution in [-0.2, 0) is 0 Å². The molecule has 1 heterocycles. The Balaban J connectivity index is 2.34. The van der Waals surface area contributed by atoms with Crippen molar-refractivity contribution in [2.75, 3.05) is 0 Å². The first-order valence-corrected chi connectivity index (χ1v) is 6.38. The number of rotatable bonds is 4. The normalized spacial score (nSPS) is 14.7. The quantitative estimate of drug-likeness (QED) is 0.897. The Morgan fingerprint density at radius 2 is 1.72 bits per heavy atom. The number of aliphatic hydroxyl groups excluding tert-OH is 1. The minimum absolute atomic E-state index is 0.198. The topological polar surface area (TPSA) is 38.1 Å². The maximum absolute atomic E-state index is 10.4. The van der Waals surface area contributed by atoms with E-state index in [0.29, 0.717) is 5.92 Å². The van der Waals surface area contributed by atoms with Crippen LogP contribution in [0.15, 0.2) is 42.6 Å². The van der Waals surface area contributed by atoms with Crippen molar-refractivity contribution in [3.8, 4) is 5.69 Å². The summed E-state index contributed by atoms with van der Waals surface area (Å²) in [4.78, 5) is 0. The maximum atomic E-state index is 10.4. The van der Waals surface area contributed by atoms with Crippen LogP contribution in [0.25, 0.3) is 5.69 Å². The van der Waals surface area contributed by atoms with Crippen molar-refractivity contribution in [2.24, 2.45) is 11.8 Å². The molecular weight excluding hydrogens is 224 g/mol. The highest BCUT2D eigenvalue weighted by Crippen LogP contribution is 2.28. The molecule has 0 aliphatic carbocycles. The molecule has 2 rings (SSSR count). The van der Waals surface area contributed by atoms with Crippen molar-refractivity contribution >= 4 is 0 Å². The van der Waals surface area contributed by atoms with E-state index in [9.17, 15) is 5.11 Å². The van der Waals surface area contributed by atoms with Crippen molar-refractivity contribution in [3.63, 3.8) is 0 Å². The third-order valence-electron chi connectivity index (χ3n) is 3.53. The zero-order valence-electron chi connectivity index (χ0n) is 11.1. The van der Waals surface area contributed by atoms with Gasteiger partial charge >= 0.3 is 0 Å². The molecule has 18 heavy (non-hydrogen) atoms. The molecule has 1 N–H and O–H groups in total. The van der Waals surface area contributed by atoms with Gasteiger partial charge in [-0.2, -0.15) is 5.10 Å². The lowest BCUT2D eigenvalue weighted by molar-refractivity contribution is 0.0860. The highest BCUT2D eigenvalue weighted by atomic mass is 16.3. The molecule has 3 heteroatoms. The molecule has 0 aliphatic rings. The van der Waals surface area contributed by atoms with Crippen molar-refractivity contribution in [2.45, 2.75) is 26.9 Å². The summed E-state index contributed by atoms with van der Waals surface area (Å²) in [5, 5.41) is 14.7. The van der Waals surface area contributed by atoms with Crippen LogP contribution in [0.3, 0.4) is 0 Å². The van der Waals surface area contributed by atoms with Gasteiger partial charge in [-0.05, 0) is 30.0 Å². The third-order valence-corrected chi connectivity index (χ3v) is 3.53. The minimum Gasteiger partial charge on any atom is -0.387 e. The van der Waals surface area contributed by atoms with Crippen LogP contribution >= 0.6 is 0 Å². The second-order valence-corrected chi connectivity index (χ2v) is 5.05. The molecule has 0 saturated carbocycles. The molecule has 1 aromatic carbocycles. The lowest BCUT2D eigenvalue weighted by Gasteiger charge is -2.23. The highest BCUT2D eigenvalue weighted by Gasteiger charge is 2.23. The molecule has 2 atom stereocenters. The van der Waals surface area contributed by atoms with Gasteiger partial charge in [0.1, 0.15) is 0 Å². The van der Waals surface area contributed by atoms with Gasteiger partial charge in [-0.15, -0.1) is 0 Å². The summed E-state index contributed by atoms with van der Waals surface area (Å²) in [6, 6.07) is 11.8. The fourth-order valence-electron chi connectivity index (χ4n) is 1.96. The van der Waals surface area contributed by atoms with E-state index in [2.05, 4.69) is 25.9 Å². The Morgan fingerprint density at radius 3 is 2.33 bits per heavy atom. The maximum Gasteiger partial charge on any atom is 0.0989 e. The van der Waals surface area contributed by atoms with Gasteiger partial charge in [0.25, 0.3) is 0 Å². The first kappa shape index (κ1) is 12.8. The molecule has 1 aromatic heterocycles. The highest BCUT2D eigenvalue weighted by molar-refractivity contribution is 5.32. The monoisotopic (exact) mass is 244 g/mol. The predicted octanol–water partition coefficient (Wildman–Crippen LogP) is 3.20. The summed E-state index contributed by atoms with van der Waals surface area (Å²) in [7, 11) is 0. The predicted molar refractivity (Wildman–Crippen MR) is 72.5 cm³/mol. The summed E-state index contributed by atoms with van der Waals surface area (Å²) in [6.45, 7) is 6.31. The van der Waals surface area contributed by atoms with Crippen LogP contribution in [0.4, 0.5) is 0 Å². The molecule has 0 amide bonds. The fourth-order valence-corrected chi connectivity index (χ4v) is 1.96. The largest absolute Gasteiger partial charge is 0.387 e. The van der Waals surface area contributed by atoms with E-state index in [4.69, 9.17) is 0 Å². The molecule has 96 valence electrons. The van der Waals surface area contributed by atoms with E-state index >= 15 is 0 Å². The van der Waals surface area contributed by atoms with Gasteiger partial charge in [0.05, 0.1) is 17.5 Å². The van der Waals surface area contributed by atoms with Crippen LogP contribution in [0.5, 0.6) is 0 Å². The molecule has 0 aliphatic heterocycles. The number of nitrogens with zero attached hydrogens (tertiary/aromatic N) is 2. The van der Waals surface area contributed by atoms with E-state index in [1.165, 1.54) is 0 Å². The Bertz CT molecular complexity index is 490. The number of para-hydroxylation sites is 1. The van der Waals surface area contributed by atoms with E-state index in [-0.39, 0.29) is 5.92 Å². The molecule has 2 unspecified atom stereocenters. The van der Waals surface area contributed by atoms with Crippen LogP contribution < -0.4 is 0 Å². The standard InChI is InChI=1S/C15H20N2O/c1-11(2)12(3)15(18)14-9-10-16-17(14)13-7-5-4-6-8-13/h4-12,15,18H,1-3H3. The Kier molecular flexibility index (Phi) is 3.82. The zero-order chi connectivity index (χ0) is 13.1. The number of aromatic nitrogens is 2. The van der Waals surface area contributed by atoms with Crippen LogP contribution in [0.2, 0.25) is 0 Å². The van der Waals surface area contributed by atoms with Crippen molar-refractivity contribution in [3.05, 3.63) is 48.3 Å². The summed E-state index contributed by atoms with van der Waals surface area (Å²) < 4.78 is 1.81. The van der Waals surface area contributed by atoms with Crippen LogP contribution in [-0.4, -0.2) is 14.9 Å². The van der Waals surface area contributed by atoms with E-state index < -0.39 is 6.10 Å². The van der Waals surface area contributed by atoms with Gasteiger partial charge in [-0.1, -0.05) is 39.0 Å².